The third-order valence-electron chi connectivity index (χ3n) is 4.14. The zero-order valence-electron chi connectivity index (χ0n) is 13.6. The zero-order valence-corrected chi connectivity index (χ0v) is 13.6. The SMILES string of the molecule is C=CC(=O)OC1(OC2CCCCO2)C=CC(c2ccccc2)=CC1. The lowest BCUT2D eigenvalue weighted by atomic mass is 9.96. The molecule has 2 aliphatic rings. The summed E-state index contributed by atoms with van der Waals surface area (Å²) in [5.74, 6) is -1.64. The maximum absolute atomic E-state index is 11.8. The second kappa shape index (κ2) is 7.60. The van der Waals surface area contributed by atoms with Gasteiger partial charge in [-0.25, -0.2) is 4.79 Å². The number of allylic oxidation sites excluding steroid dienone is 2. The summed E-state index contributed by atoms with van der Waals surface area (Å²) in [7, 11) is 0. The van der Waals surface area contributed by atoms with Crippen LogP contribution in [0.15, 0.2) is 61.2 Å². The fraction of sp³-hybridized carbons (Fsp3) is 0.350. The number of carbonyl (C=O) groups excluding carboxylic acids is 1. The summed E-state index contributed by atoms with van der Waals surface area (Å²) in [5, 5.41) is 0. The van der Waals surface area contributed by atoms with Crippen LogP contribution in [0.1, 0.15) is 31.2 Å². The minimum Gasteiger partial charge on any atom is -0.426 e. The van der Waals surface area contributed by atoms with Crippen molar-refractivity contribution in [2.45, 2.75) is 37.8 Å². The van der Waals surface area contributed by atoms with Crippen LogP contribution in [-0.4, -0.2) is 24.7 Å². The lowest BCUT2D eigenvalue weighted by molar-refractivity contribution is -0.282. The van der Waals surface area contributed by atoms with Crippen LogP contribution in [0.2, 0.25) is 0 Å². The lowest BCUT2D eigenvalue weighted by Crippen LogP contribution is -2.41. The first-order valence-electron chi connectivity index (χ1n) is 8.30. The van der Waals surface area contributed by atoms with Gasteiger partial charge in [0.25, 0.3) is 0 Å². The van der Waals surface area contributed by atoms with Gasteiger partial charge in [0.15, 0.2) is 6.29 Å². The fourth-order valence-corrected chi connectivity index (χ4v) is 2.88. The average molecular weight is 326 g/mol. The van der Waals surface area contributed by atoms with Crippen LogP contribution >= 0.6 is 0 Å². The van der Waals surface area contributed by atoms with Gasteiger partial charge in [-0.15, -0.1) is 0 Å². The number of hydrogen-bond acceptors (Lipinski definition) is 4. The van der Waals surface area contributed by atoms with Gasteiger partial charge in [-0.2, -0.15) is 0 Å². The largest absolute Gasteiger partial charge is 0.426 e. The average Bonchev–Trinajstić information content (AvgIpc) is 2.64. The van der Waals surface area contributed by atoms with E-state index in [1.54, 1.807) is 6.08 Å². The van der Waals surface area contributed by atoms with Crippen LogP contribution in [0.5, 0.6) is 0 Å². The molecule has 2 atom stereocenters. The monoisotopic (exact) mass is 326 g/mol. The Balaban J connectivity index is 1.77. The van der Waals surface area contributed by atoms with Crippen LogP contribution < -0.4 is 0 Å². The van der Waals surface area contributed by atoms with E-state index in [1.807, 2.05) is 42.5 Å². The van der Waals surface area contributed by atoms with E-state index in [0.29, 0.717) is 13.0 Å². The summed E-state index contributed by atoms with van der Waals surface area (Å²) in [6.07, 6.45) is 9.87. The summed E-state index contributed by atoms with van der Waals surface area (Å²) in [6, 6.07) is 10.1. The van der Waals surface area contributed by atoms with Gasteiger partial charge in [-0.3, -0.25) is 0 Å². The number of ether oxygens (including phenoxy) is 3. The molecule has 0 spiro atoms. The highest BCUT2D eigenvalue weighted by atomic mass is 16.8. The number of rotatable bonds is 5. The molecule has 4 heteroatoms. The standard InChI is InChI=1S/C20H22O4/c1-2-18(21)23-20(24-19-10-6-7-15-22-19)13-11-17(12-14-20)16-8-4-3-5-9-16/h2-5,8-9,11-13,19H,1,6-7,10,14-15H2. The Morgan fingerprint density at radius 3 is 2.75 bits per heavy atom. The van der Waals surface area contributed by atoms with Crippen LogP contribution in [0.4, 0.5) is 0 Å². The van der Waals surface area contributed by atoms with Crippen LogP contribution in [0.3, 0.4) is 0 Å². The predicted molar refractivity (Wildman–Crippen MR) is 91.9 cm³/mol. The van der Waals surface area contributed by atoms with Crippen molar-refractivity contribution in [3.63, 3.8) is 0 Å². The van der Waals surface area contributed by atoms with Gasteiger partial charge in [-0.1, -0.05) is 49.1 Å². The van der Waals surface area contributed by atoms with E-state index in [1.165, 1.54) is 0 Å². The number of hydrogen-bond donors (Lipinski definition) is 0. The molecule has 4 nitrogen and oxygen atoms in total. The quantitative estimate of drug-likeness (QED) is 0.466. The smallest absolute Gasteiger partial charge is 0.332 e. The molecule has 3 rings (SSSR count). The second-order valence-electron chi connectivity index (χ2n) is 5.91. The molecule has 1 heterocycles. The van der Waals surface area contributed by atoms with Crippen molar-refractivity contribution in [3.05, 3.63) is 66.8 Å². The van der Waals surface area contributed by atoms with Gasteiger partial charge in [0, 0.05) is 19.1 Å². The Hall–Kier alpha value is -2.17. The Kier molecular flexibility index (Phi) is 5.28. The molecule has 2 unspecified atom stereocenters. The Morgan fingerprint density at radius 2 is 2.12 bits per heavy atom. The van der Waals surface area contributed by atoms with Crippen molar-refractivity contribution >= 4 is 11.5 Å². The van der Waals surface area contributed by atoms with E-state index in [2.05, 4.69) is 6.58 Å². The molecule has 1 saturated heterocycles. The topological polar surface area (TPSA) is 44.8 Å². The van der Waals surface area contributed by atoms with Gasteiger partial charge in [0.1, 0.15) is 0 Å². The summed E-state index contributed by atoms with van der Waals surface area (Å²) >= 11 is 0. The van der Waals surface area contributed by atoms with Crippen LogP contribution in [0, 0.1) is 0 Å². The normalized spacial score (nSPS) is 26.5. The highest BCUT2D eigenvalue weighted by molar-refractivity contribution is 5.82. The van der Waals surface area contributed by atoms with Gasteiger partial charge in [-0.05, 0) is 36.5 Å². The first-order valence-corrected chi connectivity index (χ1v) is 8.30. The maximum Gasteiger partial charge on any atom is 0.332 e. The highest BCUT2D eigenvalue weighted by Crippen LogP contribution is 2.33. The van der Waals surface area contributed by atoms with E-state index >= 15 is 0 Å². The molecule has 0 radical (unpaired) electrons. The van der Waals surface area contributed by atoms with Crippen molar-refractivity contribution in [1.82, 2.24) is 0 Å². The first-order chi connectivity index (χ1) is 11.7. The van der Waals surface area contributed by atoms with Crippen LogP contribution in [-0.2, 0) is 19.0 Å². The molecule has 1 fully saturated rings. The highest BCUT2D eigenvalue weighted by Gasteiger charge is 2.37. The van der Waals surface area contributed by atoms with Gasteiger partial charge in [0.05, 0.1) is 0 Å². The molecule has 1 aromatic rings. The lowest BCUT2D eigenvalue weighted by Gasteiger charge is -2.36. The zero-order chi connectivity index (χ0) is 16.8. The molecule has 0 bridgehead atoms. The molecular weight excluding hydrogens is 304 g/mol. The Bertz CT molecular complexity index is 641. The Morgan fingerprint density at radius 1 is 1.29 bits per heavy atom. The van der Waals surface area contributed by atoms with Gasteiger partial charge < -0.3 is 14.2 Å². The van der Waals surface area contributed by atoms with Crippen molar-refractivity contribution in [1.29, 1.82) is 0 Å². The summed E-state index contributed by atoms with van der Waals surface area (Å²) in [5.41, 5.74) is 2.19. The third kappa shape index (κ3) is 4.02. The van der Waals surface area contributed by atoms with Crippen molar-refractivity contribution in [3.8, 4) is 0 Å². The summed E-state index contributed by atoms with van der Waals surface area (Å²) in [6.45, 7) is 4.14. The molecule has 0 amide bonds. The van der Waals surface area contributed by atoms with E-state index < -0.39 is 11.8 Å². The first kappa shape index (κ1) is 16.7. The van der Waals surface area contributed by atoms with Crippen molar-refractivity contribution in [2.24, 2.45) is 0 Å². The fourth-order valence-electron chi connectivity index (χ4n) is 2.88. The molecule has 0 aromatic heterocycles. The molecule has 1 aliphatic heterocycles. The molecule has 126 valence electrons. The van der Waals surface area contributed by atoms with Crippen LogP contribution in [0.25, 0.3) is 5.57 Å². The Labute approximate surface area is 142 Å². The van der Waals surface area contributed by atoms with Gasteiger partial charge in [0.2, 0.25) is 5.79 Å². The third-order valence-corrected chi connectivity index (χ3v) is 4.14. The summed E-state index contributed by atoms with van der Waals surface area (Å²) < 4.78 is 17.2. The minimum atomic E-state index is -1.13. The summed E-state index contributed by atoms with van der Waals surface area (Å²) in [4.78, 5) is 11.8. The molecule has 1 aromatic carbocycles. The molecule has 24 heavy (non-hydrogen) atoms. The van der Waals surface area contributed by atoms with E-state index in [0.717, 1.165) is 36.5 Å². The maximum atomic E-state index is 11.8. The minimum absolute atomic E-state index is 0.354. The van der Waals surface area contributed by atoms with E-state index in [9.17, 15) is 4.79 Å². The molecule has 0 saturated carbocycles. The van der Waals surface area contributed by atoms with E-state index in [-0.39, 0.29) is 6.29 Å². The second-order valence-corrected chi connectivity index (χ2v) is 5.91. The molecular formula is C20H22O4. The number of esters is 1. The predicted octanol–water partition coefficient (Wildman–Crippen LogP) is 4.00. The number of carbonyl (C=O) groups is 1. The van der Waals surface area contributed by atoms with Crippen molar-refractivity contribution < 1.29 is 19.0 Å². The number of benzene rings is 1. The molecule has 0 N–H and O–H groups in total. The van der Waals surface area contributed by atoms with Crippen molar-refractivity contribution in [2.75, 3.05) is 6.61 Å². The van der Waals surface area contributed by atoms with Gasteiger partial charge >= 0.3 is 5.97 Å². The van der Waals surface area contributed by atoms with E-state index in [4.69, 9.17) is 14.2 Å². The molecule has 1 aliphatic carbocycles.